The van der Waals surface area contributed by atoms with E-state index < -0.39 is 5.82 Å². The Hall–Kier alpha value is -2.06. The van der Waals surface area contributed by atoms with Gasteiger partial charge in [-0.15, -0.1) is 0 Å². The molecule has 0 bridgehead atoms. The molecule has 1 unspecified atom stereocenters. The Morgan fingerprint density at radius 1 is 1.00 bits per heavy atom. The Morgan fingerprint density at radius 3 is 2.57 bits per heavy atom. The zero-order valence-corrected chi connectivity index (χ0v) is 12.4. The highest BCUT2D eigenvalue weighted by molar-refractivity contribution is 6.31. The number of fused-ring (bicyclic) bond motifs is 1. The van der Waals surface area contributed by atoms with Crippen LogP contribution in [-0.4, -0.2) is 0 Å². The van der Waals surface area contributed by atoms with Crippen LogP contribution < -0.4 is 5.32 Å². The lowest BCUT2D eigenvalue weighted by atomic mass is 9.99. The molecule has 106 valence electrons. The zero-order valence-electron chi connectivity index (χ0n) is 11.6. The molecule has 0 aliphatic carbocycles. The van der Waals surface area contributed by atoms with Gasteiger partial charge in [-0.2, -0.15) is 0 Å². The number of hydrogen-bond acceptors (Lipinski definition) is 1. The molecule has 0 saturated carbocycles. The fourth-order valence-electron chi connectivity index (χ4n) is 2.54. The van der Waals surface area contributed by atoms with Crippen molar-refractivity contribution in [1.82, 2.24) is 0 Å². The average molecular weight is 300 g/mol. The standard InChI is InChI=1S/C18H15ClFN/c1-12(21-14-9-10-18(20)17(19)11-14)15-8-4-6-13-5-2-3-7-16(13)15/h2-12,21H,1H3. The smallest absolute Gasteiger partial charge is 0.141 e. The highest BCUT2D eigenvalue weighted by atomic mass is 35.5. The molecule has 0 fully saturated rings. The van der Waals surface area contributed by atoms with Crippen molar-refractivity contribution in [1.29, 1.82) is 0 Å². The maximum absolute atomic E-state index is 13.2. The monoisotopic (exact) mass is 299 g/mol. The number of hydrogen-bond donors (Lipinski definition) is 1. The van der Waals surface area contributed by atoms with E-state index in [0.29, 0.717) is 0 Å². The molecule has 0 aliphatic rings. The number of anilines is 1. The normalized spacial score (nSPS) is 12.3. The van der Waals surface area contributed by atoms with Crippen LogP contribution in [0.1, 0.15) is 18.5 Å². The lowest BCUT2D eigenvalue weighted by Crippen LogP contribution is -2.07. The molecular weight excluding hydrogens is 285 g/mol. The van der Waals surface area contributed by atoms with Gasteiger partial charge in [-0.3, -0.25) is 0 Å². The van der Waals surface area contributed by atoms with Crippen molar-refractivity contribution in [3.8, 4) is 0 Å². The van der Waals surface area contributed by atoms with Crippen LogP contribution in [-0.2, 0) is 0 Å². The Kier molecular flexibility index (Phi) is 3.80. The summed E-state index contributed by atoms with van der Waals surface area (Å²) in [5, 5.41) is 5.92. The quantitative estimate of drug-likeness (QED) is 0.644. The lowest BCUT2D eigenvalue weighted by molar-refractivity contribution is 0.628. The van der Waals surface area contributed by atoms with Crippen LogP contribution in [0.5, 0.6) is 0 Å². The van der Waals surface area contributed by atoms with E-state index >= 15 is 0 Å². The molecule has 21 heavy (non-hydrogen) atoms. The van der Waals surface area contributed by atoms with Gasteiger partial charge in [-0.05, 0) is 41.5 Å². The first-order valence-electron chi connectivity index (χ1n) is 6.84. The molecule has 0 aromatic heterocycles. The number of nitrogens with one attached hydrogen (secondary N) is 1. The third kappa shape index (κ3) is 2.86. The first kappa shape index (κ1) is 13.9. The van der Waals surface area contributed by atoms with Crippen molar-refractivity contribution in [3.63, 3.8) is 0 Å². The summed E-state index contributed by atoms with van der Waals surface area (Å²) in [6.45, 7) is 2.08. The number of benzene rings is 3. The summed E-state index contributed by atoms with van der Waals surface area (Å²) in [5.74, 6) is -0.403. The maximum atomic E-state index is 13.2. The third-order valence-corrected chi connectivity index (χ3v) is 3.88. The Labute approximate surface area is 128 Å². The van der Waals surface area contributed by atoms with Crippen LogP contribution in [0.4, 0.5) is 10.1 Å². The molecule has 1 N–H and O–H groups in total. The summed E-state index contributed by atoms with van der Waals surface area (Å²) in [6, 6.07) is 19.3. The highest BCUT2D eigenvalue weighted by Crippen LogP contribution is 2.28. The SMILES string of the molecule is CC(Nc1ccc(F)c(Cl)c1)c1cccc2ccccc12. The van der Waals surface area contributed by atoms with Gasteiger partial charge in [0.2, 0.25) is 0 Å². The summed E-state index contributed by atoms with van der Waals surface area (Å²) in [4.78, 5) is 0. The molecule has 0 saturated heterocycles. The van der Waals surface area contributed by atoms with Crippen molar-refractivity contribution in [3.05, 3.63) is 77.1 Å². The van der Waals surface area contributed by atoms with Crippen LogP contribution in [0, 0.1) is 5.82 Å². The molecule has 0 amide bonds. The molecule has 0 aliphatic heterocycles. The minimum Gasteiger partial charge on any atom is -0.378 e. The minimum absolute atomic E-state index is 0.0950. The van der Waals surface area contributed by atoms with Crippen LogP contribution in [0.15, 0.2) is 60.7 Å². The second kappa shape index (κ2) is 5.74. The van der Waals surface area contributed by atoms with Crippen molar-refractivity contribution < 1.29 is 4.39 Å². The molecule has 1 nitrogen and oxygen atoms in total. The minimum atomic E-state index is -0.403. The molecule has 0 spiro atoms. The van der Waals surface area contributed by atoms with Gasteiger partial charge in [0.1, 0.15) is 5.82 Å². The molecule has 3 aromatic carbocycles. The van der Waals surface area contributed by atoms with Gasteiger partial charge in [0.05, 0.1) is 5.02 Å². The van der Waals surface area contributed by atoms with Crippen LogP contribution in [0.2, 0.25) is 5.02 Å². The first-order chi connectivity index (χ1) is 10.1. The molecule has 3 heteroatoms. The fraction of sp³-hybridized carbons (Fsp3) is 0.111. The van der Waals surface area contributed by atoms with E-state index in [1.54, 1.807) is 12.1 Å². The first-order valence-corrected chi connectivity index (χ1v) is 7.22. The van der Waals surface area contributed by atoms with Crippen molar-refractivity contribution in [2.75, 3.05) is 5.32 Å². The molecular formula is C18H15ClFN. The maximum Gasteiger partial charge on any atom is 0.141 e. The van der Waals surface area contributed by atoms with Gasteiger partial charge in [-0.25, -0.2) is 4.39 Å². The molecule has 1 atom stereocenters. The van der Waals surface area contributed by atoms with E-state index in [4.69, 9.17) is 11.6 Å². The Balaban J connectivity index is 1.93. The topological polar surface area (TPSA) is 12.0 Å². The van der Waals surface area contributed by atoms with Gasteiger partial charge < -0.3 is 5.32 Å². The summed E-state index contributed by atoms with van der Waals surface area (Å²) >= 11 is 5.82. The van der Waals surface area contributed by atoms with E-state index in [1.807, 2.05) is 18.2 Å². The molecule has 0 heterocycles. The van der Waals surface area contributed by atoms with Gasteiger partial charge in [0.25, 0.3) is 0 Å². The molecule has 0 radical (unpaired) electrons. The number of halogens is 2. The second-order valence-electron chi connectivity index (χ2n) is 5.06. The summed E-state index contributed by atoms with van der Waals surface area (Å²) < 4.78 is 13.2. The van der Waals surface area contributed by atoms with E-state index in [0.717, 1.165) is 5.69 Å². The van der Waals surface area contributed by atoms with Crippen molar-refractivity contribution in [2.45, 2.75) is 13.0 Å². The molecule has 3 rings (SSSR count). The lowest BCUT2D eigenvalue weighted by Gasteiger charge is -2.18. The molecule has 3 aromatic rings. The average Bonchev–Trinajstić information content (AvgIpc) is 2.50. The van der Waals surface area contributed by atoms with E-state index in [2.05, 4.69) is 36.5 Å². The van der Waals surface area contributed by atoms with E-state index in [1.165, 1.54) is 22.4 Å². The van der Waals surface area contributed by atoms with Crippen molar-refractivity contribution in [2.24, 2.45) is 0 Å². The van der Waals surface area contributed by atoms with Crippen LogP contribution >= 0.6 is 11.6 Å². The highest BCUT2D eigenvalue weighted by Gasteiger charge is 2.10. The van der Waals surface area contributed by atoms with E-state index in [9.17, 15) is 4.39 Å². The predicted octanol–water partition coefficient (Wildman–Crippen LogP) is 5.81. The summed E-state index contributed by atoms with van der Waals surface area (Å²) in [6.07, 6.45) is 0. The van der Waals surface area contributed by atoms with Gasteiger partial charge in [0.15, 0.2) is 0 Å². The Bertz CT molecular complexity index is 780. The summed E-state index contributed by atoms with van der Waals surface area (Å²) in [7, 11) is 0. The van der Waals surface area contributed by atoms with Gasteiger partial charge in [0, 0.05) is 11.7 Å². The fourth-order valence-corrected chi connectivity index (χ4v) is 2.72. The number of rotatable bonds is 3. The largest absolute Gasteiger partial charge is 0.378 e. The zero-order chi connectivity index (χ0) is 14.8. The predicted molar refractivity (Wildman–Crippen MR) is 87.4 cm³/mol. The van der Waals surface area contributed by atoms with Gasteiger partial charge >= 0.3 is 0 Å². The van der Waals surface area contributed by atoms with Crippen molar-refractivity contribution >= 4 is 28.1 Å². The van der Waals surface area contributed by atoms with Crippen LogP contribution in [0.25, 0.3) is 10.8 Å². The van der Waals surface area contributed by atoms with Gasteiger partial charge in [-0.1, -0.05) is 54.1 Å². The third-order valence-electron chi connectivity index (χ3n) is 3.59. The van der Waals surface area contributed by atoms with E-state index in [-0.39, 0.29) is 11.1 Å². The Morgan fingerprint density at radius 2 is 1.76 bits per heavy atom. The summed E-state index contributed by atoms with van der Waals surface area (Å²) in [5.41, 5.74) is 2.01. The van der Waals surface area contributed by atoms with Crippen LogP contribution in [0.3, 0.4) is 0 Å². The second-order valence-corrected chi connectivity index (χ2v) is 5.47.